The van der Waals surface area contributed by atoms with E-state index in [4.69, 9.17) is 4.74 Å². The lowest BCUT2D eigenvalue weighted by molar-refractivity contribution is -0.123. The SMILES string of the molecule is O=C(NC[C@@H]1Cc2cccc(-c3cnccn3)c2O1)[C@@H]1CCCc2c1[nH]c1ccccc21. The zero-order valence-corrected chi connectivity index (χ0v) is 17.7. The molecule has 160 valence electrons. The van der Waals surface area contributed by atoms with Crippen molar-refractivity contribution in [3.8, 4) is 17.0 Å². The number of nitrogens with one attached hydrogen (secondary N) is 2. The van der Waals surface area contributed by atoms with Crippen LogP contribution in [0.5, 0.6) is 5.75 Å². The van der Waals surface area contributed by atoms with Crippen LogP contribution in [0.4, 0.5) is 0 Å². The largest absolute Gasteiger partial charge is 0.487 e. The van der Waals surface area contributed by atoms with Gasteiger partial charge in [0.05, 0.1) is 24.4 Å². The molecular weight excluding hydrogens is 400 g/mol. The molecule has 6 rings (SSSR count). The van der Waals surface area contributed by atoms with E-state index >= 15 is 0 Å². The van der Waals surface area contributed by atoms with E-state index in [1.807, 2.05) is 18.2 Å². The first-order chi connectivity index (χ1) is 15.8. The molecule has 0 unspecified atom stereocenters. The molecule has 3 heterocycles. The molecule has 1 amide bonds. The Morgan fingerprint density at radius 1 is 1.16 bits per heavy atom. The van der Waals surface area contributed by atoms with Gasteiger partial charge in [-0.1, -0.05) is 30.3 Å². The van der Waals surface area contributed by atoms with Crippen LogP contribution in [0.3, 0.4) is 0 Å². The van der Waals surface area contributed by atoms with Gasteiger partial charge in [-0.25, -0.2) is 0 Å². The third kappa shape index (κ3) is 3.23. The van der Waals surface area contributed by atoms with E-state index in [1.165, 1.54) is 10.9 Å². The number of hydrogen-bond donors (Lipinski definition) is 2. The van der Waals surface area contributed by atoms with E-state index in [0.29, 0.717) is 6.54 Å². The van der Waals surface area contributed by atoms with E-state index in [9.17, 15) is 4.79 Å². The maximum Gasteiger partial charge on any atom is 0.229 e. The van der Waals surface area contributed by atoms with E-state index in [-0.39, 0.29) is 17.9 Å². The third-order valence-corrected chi connectivity index (χ3v) is 6.60. The Labute approximate surface area is 186 Å². The summed E-state index contributed by atoms with van der Waals surface area (Å²) in [6.45, 7) is 0.486. The molecule has 0 spiro atoms. The summed E-state index contributed by atoms with van der Waals surface area (Å²) in [5, 5.41) is 4.40. The van der Waals surface area contributed by atoms with Crippen LogP contribution in [0.25, 0.3) is 22.2 Å². The monoisotopic (exact) mass is 424 g/mol. The van der Waals surface area contributed by atoms with Crippen LogP contribution in [-0.2, 0) is 17.6 Å². The Balaban J connectivity index is 1.17. The molecule has 0 saturated carbocycles. The number of ether oxygens (including phenoxy) is 1. The summed E-state index contributed by atoms with van der Waals surface area (Å²) >= 11 is 0. The van der Waals surface area contributed by atoms with Crippen molar-refractivity contribution in [1.29, 1.82) is 0 Å². The minimum absolute atomic E-state index is 0.0752. The van der Waals surface area contributed by atoms with Gasteiger partial charge in [-0.15, -0.1) is 0 Å². The average molecular weight is 425 g/mol. The van der Waals surface area contributed by atoms with Crippen molar-refractivity contribution in [2.75, 3.05) is 6.54 Å². The van der Waals surface area contributed by atoms with Gasteiger partial charge in [0, 0.05) is 41.0 Å². The second-order valence-corrected chi connectivity index (χ2v) is 8.58. The maximum atomic E-state index is 13.2. The number of para-hydroxylation sites is 2. The second-order valence-electron chi connectivity index (χ2n) is 8.58. The lowest BCUT2D eigenvalue weighted by atomic mass is 9.86. The fourth-order valence-corrected chi connectivity index (χ4v) is 5.11. The van der Waals surface area contributed by atoms with Crippen LogP contribution >= 0.6 is 0 Å². The van der Waals surface area contributed by atoms with Crippen molar-refractivity contribution in [2.24, 2.45) is 0 Å². The zero-order valence-electron chi connectivity index (χ0n) is 17.7. The van der Waals surface area contributed by atoms with Crippen molar-refractivity contribution < 1.29 is 9.53 Å². The highest BCUT2D eigenvalue weighted by atomic mass is 16.5. The molecule has 2 atom stereocenters. The summed E-state index contributed by atoms with van der Waals surface area (Å²) in [5.41, 5.74) is 6.37. The summed E-state index contributed by atoms with van der Waals surface area (Å²) in [5.74, 6) is 0.791. The number of rotatable bonds is 4. The fourth-order valence-electron chi connectivity index (χ4n) is 5.11. The lowest BCUT2D eigenvalue weighted by Gasteiger charge is -2.23. The van der Waals surface area contributed by atoms with Crippen molar-refractivity contribution in [1.82, 2.24) is 20.3 Å². The minimum atomic E-state index is -0.134. The van der Waals surface area contributed by atoms with Crippen molar-refractivity contribution in [2.45, 2.75) is 37.7 Å². The number of fused-ring (bicyclic) bond motifs is 4. The molecule has 2 aliphatic rings. The number of benzene rings is 2. The van der Waals surface area contributed by atoms with Crippen LogP contribution in [0.1, 0.15) is 35.6 Å². The average Bonchev–Trinajstić information content (AvgIpc) is 3.44. The number of H-pyrrole nitrogens is 1. The molecule has 32 heavy (non-hydrogen) atoms. The molecule has 2 N–H and O–H groups in total. The molecule has 1 aliphatic heterocycles. The molecule has 6 nitrogen and oxygen atoms in total. The number of nitrogens with zero attached hydrogens (tertiary/aromatic N) is 2. The molecule has 2 aromatic heterocycles. The van der Waals surface area contributed by atoms with Crippen molar-refractivity contribution in [3.63, 3.8) is 0 Å². The summed E-state index contributed by atoms with van der Waals surface area (Å²) in [6, 6.07) is 14.4. The quantitative estimate of drug-likeness (QED) is 0.515. The van der Waals surface area contributed by atoms with Crippen LogP contribution < -0.4 is 10.1 Å². The van der Waals surface area contributed by atoms with Gasteiger partial charge < -0.3 is 15.0 Å². The van der Waals surface area contributed by atoms with Gasteiger partial charge in [-0.3, -0.25) is 14.8 Å². The van der Waals surface area contributed by atoms with E-state index in [1.54, 1.807) is 18.6 Å². The number of carbonyl (C=O) groups excluding carboxylic acids is 1. The highest BCUT2D eigenvalue weighted by Gasteiger charge is 2.31. The van der Waals surface area contributed by atoms with E-state index in [0.717, 1.165) is 59.5 Å². The zero-order chi connectivity index (χ0) is 21.5. The van der Waals surface area contributed by atoms with Gasteiger partial charge in [0.2, 0.25) is 5.91 Å². The van der Waals surface area contributed by atoms with Crippen LogP contribution in [0.2, 0.25) is 0 Å². The molecular formula is C26H24N4O2. The highest BCUT2D eigenvalue weighted by Crippen LogP contribution is 2.38. The molecule has 0 saturated heterocycles. The number of aromatic amines is 1. The van der Waals surface area contributed by atoms with E-state index < -0.39 is 0 Å². The van der Waals surface area contributed by atoms with Crippen LogP contribution in [0, 0.1) is 0 Å². The summed E-state index contributed by atoms with van der Waals surface area (Å²) in [4.78, 5) is 25.2. The van der Waals surface area contributed by atoms with Gasteiger partial charge >= 0.3 is 0 Å². The van der Waals surface area contributed by atoms with Crippen molar-refractivity contribution >= 4 is 16.8 Å². The number of carbonyl (C=O) groups is 1. The topological polar surface area (TPSA) is 79.9 Å². The fraction of sp³-hybridized carbons (Fsp3) is 0.269. The molecule has 1 aliphatic carbocycles. The van der Waals surface area contributed by atoms with Gasteiger partial charge in [-0.2, -0.15) is 0 Å². The van der Waals surface area contributed by atoms with Gasteiger partial charge in [0.15, 0.2) is 0 Å². The predicted molar refractivity (Wildman–Crippen MR) is 123 cm³/mol. The highest BCUT2D eigenvalue weighted by molar-refractivity contribution is 5.90. The summed E-state index contributed by atoms with van der Waals surface area (Å²) < 4.78 is 6.26. The first kappa shape index (κ1) is 19.0. The Hall–Kier alpha value is -3.67. The Morgan fingerprint density at radius 3 is 3.00 bits per heavy atom. The second kappa shape index (κ2) is 7.79. The van der Waals surface area contributed by atoms with Gasteiger partial charge in [0.1, 0.15) is 11.9 Å². The molecule has 6 heteroatoms. The van der Waals surface area contributed by atoms with Crippen molar-refractivity contribution in [3.05, 3.63) is 77.9 Å². The minimum Gasteiger partial charge on any atom is -0.487 e. The number of aromatic nitrogens is 3. The number of aryl methyl sites for hydroxylation is 1. The predicted octanol–water partition coefficient (Wildman–Crippen LogP) is 4.16. The van der Waals surface area contributed by atoms with Gasteiger partial charge in [-0.05, 0) is 42.5 Å². The normalized spacial score (nSPS) is 19.2. The molecule has 0 radical (unpaired) electrons. The lowest BCUT2D eigenvalue weighted by Crippen LogP contribution is -2.38. The molecule has 0 fully saturated rings. The smallest absolute Gasteiger partial charge is 0.229 e. The first-order valence-electron chi connectivity index (χ1n) is 11.2. The number of hydrogen-bond acceptors (Lipinski definition) is 4. The summed E-state index contributed by atoms with van der Waals surface area (Å²) in [6.07, 6.45) is 8.70. The Morgan fingerprint density at radius 2 is 2.09 bits per heavy atom. The standard InChI is InChI=1S/C26H24N4O2/c31-26(21-9-4-7-19-18-6-1-2-10-22(18)30-24(19)21)29-14-17-13-16-5-3-8-20(25(16)32-17)23-15-27-11-12-28-23/h1-3,5-6,8,10-12,15,17,21,30H,4,7,9,13-14H2,(H,29,31)/t17-,21+/m0/s1. The van der Waals surface area contributed by atoms with Gasteiger partial charge in [0.25, 0.3) is 0 Å². The Kier molecular flexibility index (Phi) is 4.63. The number of amides is 1. The molecule has 2 aromatic carbocycles. The third-order valence-electron chi connectivity index (χ3n) is 6.60. The molecule has 0 bridgehead atoms. The van der Waals surface area contributed by atoms with E-state index in [2.05, 4.69) is 44.5 Å². The maximum absolute atomic E-state index is 13.2. The Bertz CT molecular complexity index is 1300. The molecule has 4 aromatic rings. The van der Waals surface area contributed by atoms with Crippen LogP contribution in [-0.4, -0.2) is 33.5 Å². The van der Waals surface area contributed by atoms with Crippen LogP contribution in [0.15, 0.2) is 61.1 Å². The first-order valence-corrected chi connectivity index (χ1v) is 11.2. The summed E-state index contributed by atoms with van der Waals surface area (Å²) in [7, 11) is 0.